The molecule has 0 aliphatic rings. The van der Waals surface area contributed by atoms with Crippen LogP contribution in [0.5, 0.6) is 0 Å². The van der Waals surface area contributed by atoms with E-state index >= 15 is 0 Å². The molecule has 18 heavy (non-hydrogen) atoms. The standard InChI is InChI=1S/C13H12N2O3/c16-13(9-10-5-3-4-8-14-10)11-6-1-2-7-12(11)15(17)18/h1-8,13,16H,9H2. The highest BCUT2D eigenvalue weighted by molar-refractivity contribution is 5.41. The van der Waals surface area contributed by atoms with Crippen LogP contribution in [-0.4, -0.2) is 15.0 Å². The van der Waals surface area contributed by atoms with Crippen molar-refractivity contribution in [1.29, 1.82) is 0 Å². The minimum atomic E-state index is -0.929. The number of nitrogens with zero attached hydrogens (tertiary/aromatic N) is 2. The summed E-state index contributed by atoms with van der Waals surface area (Å²) in [5.41, 5.74) is 0.942. The molecule has 0 radical (unpaired) electrons. The van der Waals surface area contributed by atoms with Gasteiger partial charge in [0, 0.05) is 24.4 Å². The maximum Gasteiger partial charge on any atom is 0.275 e. The summed E-state index contributed by atoms with van der Waals surface area (Å²) in [6.45, 7) is 0. The van der Waals surface area contributed by atoms with Gasteiger partial charge in [0.1, 0.15) is 0 Å². The molecule has 2 rings (SSSR count). The normalized spacial score (nSPS) is 12.1. The molecular weight excluding hydrogens is 232 g/mol. The molecule has 0 aliphatic heterocycles. The van der Waals surface area contributed by atoms with E-state index in [-0.39, 0.29) is 12.1 Å². The maximum absolute atomic E-state index is 10.9. The van der Waals surface area contributed by atoms with E-state index in [2.05, 4.69) is 4.98 Å². The zero-order valence-electron chi connectivity index (χ0n) is 9.56. The predicted molar refractivity (Wildman–Crippen MR) is 66.0 cm³/mol. The number of aromatic nitrogens is 1. The maximum atomic E-state index is 10.9. The molecule has 1 unspecified atom stereocenters. The Hall–Kier alpha value is -2.27. The Morgan fingerprint density at radius 2 is 1.94 bits per heavy atom. The van der Waals surface area contributed by atoms with E-state index < -0.39 is 11.0 Å². The second-order valence-electron chi connectivity index (χ2n) is 3.86. The number of nitro groups is 1. The smallest absolute Gasteiger partial charge is 0.275 e. The summed E-state index contributed by atoms with van der Waals surface area (Å²) in [7, 11) is 0. The van der Waals surface area contributed by atoms with Crippen LogP contribution < -0.4 is 0 Å². The molecule has 2 aromatic rings. The number of rotatable bonds is 4. The molecule has 92 valence electrons. The van der Waals surface area contributed by atoms with Gasteiger partial charge in [0.15, 0.2) is 0 Å². The second-order valence-corrected chi connectivity index (χ2v) is 3.86. The summed E-state index contributed by atoms with van der Waals surface area (Å²) in [4.78, 5) is 14.5. The lowest BCUT2D eigenvalue weighted by Crippen LogP contribution is -2.06. The van der Waals surface area contributed by atoms with Crippen LogP contribution in [0.2, 0.25) is 0 Å². The van der Waals surface area contributed by atoms with Gasteiger partial charge in [0.2, 0.25) is 0 Å². The van der Waals surface area contributed by atoms with Crippen molar-refractivity contribution in [2.24, 2.45) is 0 Å². The number of hydrogen-bond acceptors (Lipinski definition) is 4. The molecule has 0 bridgehead atoms. The van der Waals surface area contributed by atoms with Crippen LogP contribution in [-0.2, 0) is 6.42 Å². The molecule has 0 fully saturated rings. The second kappa shape index (κ2) is 5.37. The number of aliphatic hydroxyl groups excluding tert-OH is 1. The van der Waals surface area contributed by atoms with E-state index in [0.29, 0.717) is 11.3 Å². The molecule has 1 N–H and O–H groups in total. The average Bonchev–Trinajstić information content (AvgIpc) is 2.40. The Kier molecular flexibility index (Phi) is 3.64. The zero-order chi connectivity index (χ0) is 13.0. The molecule has 5 nitrogen and oxygen atoms in total. The number of nitro benzene ring substituents is 1. The number of pyridine rings is 1. The quantitative estimate of drug-likeness (QED) is 0.661. The van der Waals surface area contributed by atoms with Crippen molar-refractivity contribution in [3.63, 3.8) is 0 Å². The molecular formula is C13H12N2O3. The highest BCUT2D eigenvalue weighted by Gasteiger charge is 2.19. The minimum Gasteiger partial charge on any atom is -0.388 e. The van der Waals surface area contributed by atoms with Crippen molar-refractivity contribution in [3.8, 4) is 0 Å². The van der Waals surface area contributed by atoms with Crippen LogP contribution in [0, 0.1) is 10.1 Å². The van der Waals surface area contributed by atoms with Crippen molar-refractivity contribution in [3.05, 3.63) is 70.0 Å². The Labute approximate surface area is 104 Å². The molecule has 0 spiro atoms. The number of hydrogen-bond donors (Lipinski definition) is 1. The van der Waals surface area contributed by atoms with Crippen LogP contribution in [0.3, 0.4) is 0 Å². The molecule has 0 saturated carbocycles. The third kappa shape index (κ3) is 2.70. The number of aliphatic hydroxyl groups is 1. The van der Waals surface area contributed by atoms with E-state index in [1.54, 1.807) is 36.5 Å². The van der Waals surface area contributed by atoms with Gasteiger partial charge in [-0.2, -0.15) is 0 Å². The van der Waals surface area contributed by atoms with Gasteiger partial charge in [-0.1, -0.05) is 18.2 Å². The first-order valence-electron chi connectivity index (χ1n) is 5.50. The van der Waals surface area contributed by atoms with Gasteiger partial charge in [-0.25, -0.2) is 0 Å². The van der Waals surface area contributed by atoms with E-state index in [1.807, 2.05) is 6.07 Å². The largest absolute Gasteiger partial charge is 0.388 e. The van der Waals surface area contributed by atoms with Gasteiger partial charge in [-0.05, 0) is 18.2 Å². The first kappa shape index (κ1) is 12.2. The summed E-state index contributed by atoms with van der Waals surface area (Å²) in [6.07, 6.45) is 0.953. The van der Waals surface area contributed by atoms with Gasteiger partial charge < -0.3 is 5.11 Å². The van der Waals surface area contributed by atoms with Gasteiger partial charge in [-0.15, -0.1) is 0 Å². The lowest BCUT2D eigenvalue weighted by atomic mass is 10.0. The molecule has 1 atom stereocenters. The van der Waals surface area contributed by atoms with Crippen LogP contribution in [0.4, 0.5) is 5.69 Å². The molecule has 0 aliphatic carbocycles. The third-order valence-electron chi connectivity index (χ3n) is 2.62. The van der Waals surface area contributed by atoms with E-state index in [1.165, 1.54) is 6.07 Å². The van der Waals surface area contributed by atoms with Crippen LogP contribution in [0.25, 0.3) is 0 Å². The summed E-state index contributed by atoms with van der Waals surface area (Å²) in [5, 5.41) is 20.9. The van der Waals surface area contributed by atoms with Crippen molar-refractivity contribution in [1.82, 2.24) is 4.98 Å². The molecule has 1 aromatic heterocycles. The minimum absolute atomic E-state index is 0.0686. The van der Waals surface area contributed by atoms with E-state index in [4.69, 9.17) is 0 Å². The highest BCUT2D eigenvalue weighted by atomic mass is 16.6. The van der Waals surface area contributed by atoms with Crippen molar-refractivity contribution in [2.75, 3.05) is 0 Å². The Balaban J connectivity index is 2.24. The molecule has 0 saturated heterocycles. The summed E-state index contributed by atoms with van der Waals surface area (Å²) < 4.78 is 0. The number of para-hydroxylation sites is 1. The van der Waals surface area contributed by atoms with E-state index in [0.717, 1.165) is 0 Å². The SMILES string of the molecule is O=[N+]([O-])c1ccccc1C(O)Cc1ccccn1. The zero-order valence-corrected chi connectivity index (χ0v) is 9.56. The lowest BCUT2D eigenvalue weighted by Gasteiger charge is -2.10. The fourth-order valence-corrected chi connectivity index (χ4v) is 1.76. The van der Waals surface area contributed by atoms with Gasteiger partial charge in [0.05, 0.1) is 16.6 Å². The molecule has 5 heteroatoms. The first-order valence-corrected chi connectivity index (χ1v) is 5.50. The van der Waals surface area contributed by atoms with Crippen molar-refractivity contribution >= 4 is 5.69 Å². The topological polar surface area (TPSA) is 76.3 Å². The van der Waals surface area contributed by atoms with Crippen molar-refractivity contribution < 1.29 is 10.0 Å². The monoisotopic (exact) mass is 244 g/mol. The lowest BCUT2D eigenvalue weighted by molar-refractivity contribution is -0.386. The van der Waals surface area contributed by atoms with Gasteiger partial charge in [-0.3, -0.25) is 15.1 Å². The molecule has 0 amide bonds. The summed E-state index contributed by atoms with van der Waals surface area (Å²) in [6, 6.07) is 11.6. The van der Waals surface area contributed by atoms with Crippen LogP contribution in [0.15, 0.2) is 48.7 Å². The van der Waals surface area contributed by atoms with Crippen LogP contribution >= 0.6 is 0 Å². The third-order valence-corrected chi connectivity index (χ3v) is 2.62. The Morgan fingerprint density at radius 1 is 1.22 bits per heavy atom. The molecule has 1 heterocycles. The predicted octanol–water partition coefficient (Wildman–Crippen LogP) is 2.27. The summed E-state index contributed by atoms with van der Waals surface area (Å²) in [5.74, 6) is 0. The average molecular weight is 244 g/mol. The van der Waals surface area contributed by atoms with Gasteiger partial charge >= 0.3 is 0 Å². The fourth-order valence-electron chi connectivity index (χ4n) is 1.76. The van der Waals surface area contributed by atoms with E-state index in [9.17, 15) is 15.2 Å². The van der Waals surface area contributed by atoms with Gasteiger partial charge in [0.25, 0.3) is 5.69 Å². The Bertz CT molecular complexity index is 543. The first-order chi connectivity index (χ1) is 8.68. The highest BCUT2D eigenvalue weighted by Crippen LogP contribution is 2.26. The van der Waals surface area contributed by atoms with Crippen LogP contribution in [0.1, 0.15) is 17.4 Å². The Morgan fingerprint density at radius 3 is 2.61 bits per heavy atom. The number of benzene rings is 1. The van der Waals surface area contributed by atoms with Crippen molar-refractivity contribution in [2.45, 2.75) is 12.5 Å². The summed E-state index contributed by atoms with van der Waals surface area (Å²) >= 11 is 0. The fraction of sp³-hybridized carbons (Fsp3) is 0.154. The molecule has 1 aromatic carbocycles.